The fourth-order valence-electron chi connectivity index (χ4n) is 3.56. The number of benzene rings is 2. The van der Waals surface area contributed by atoms with Crippen LogP contribution in [0.2, 0.25) is 0 Å². The first kappa shape index (κ1) is 21.7. The van der Waals surface area contributed by atoms with Crippen LogP contribution in [-0.2, 0) is 20.5 Å². The number of carbonyl (C=O) groups excluding carboxylic acids is 2. The molecule has 0 bridgehead atoms. The van der Waals surface area contributed by atoms with Crippen LogP contribution in [0.25, 0.3) is 0 Å². The van der Waals surface area contributed by atoms with Crippen LogP contribution in [0.5, 0.6) is 0 Å². The number of hydrogen-bond acceptors (Lipinski definition) is 3. The van der Waals surface area contributed by atoms with Gasteiger partial charge in [-0.3, -0.25) is 9.59 Å². The first-order chi connectivity index (χ1) is 14.0. The van der Waals surface area contributed by atoms with E-state index in [4.69, 9.17) is 4.74 Å². The molecule has 2 aromatic rings. The summed E-state index contributed by atoms with van der Waals surface area (Å²) in [5.41, 5.74) is -3.31. The lowest BCUT2D eigenvalue weighted by atomic mass is 9.83. The number of likely N-dealkylation sites (tertiary alicyclic amines) is 1. The lowest BCUT2D eigenvalue weighted by molar-refractivity contribution is -0.155. The van der Waals surface area contributed by atoms with Gasteiger partial charge in [0.25, 0.3) is 11.8 Å². The van der Waals surface area contributed by atoms with Gasteiger partial charge in [0.2, 0.25) is 5.60 Å². The third-order valence-electron chi connectivity index (χ3n) is 5.11. The molecule has 1 saturated heterocycles. The van der Waals surface area contributed by atoms with E-state index in [0.717, 1.165) is 43.5 Å². The summed E-state index contributed by atoms with van der Waals surface area (Å²) in [6.45, 7) is -0.0307. The monoisotopic (exact) mass is 428 g/mol. The van der Waals surface area contributed by atoms with E-state index in [9.17, 15) is 31.5 Å². The molecule has 5 nitrogen and oxygen atoms in total. The Kier molecular flexibility index (Phi) is 5.55. The summed E-state index contributed by atoms with van der Waals surface area (Å²) in [7, 11) is 2.49. The topological polar surface area (TPSA) is 58.6 Å². The number of rotatable bonds is 4. The van der Waals surface area contributed by atoms with Crippen LogP contribution in [-0.4, -0.2) is 43.0 Å². The molecular formula is C20H17F5N2O3. The van der Waals surface area contributed by atoms with Crippen molar-refractivity contribution in [3.05, 3.63) is 65.2 Å². The zero-order valence-electron chi connectivity index (χ0n) is 15.9. The van der Waals surface area contributed by atoms with E-state index >= 15 is 0 Å². The van der Waals surface area contributed by atoms with Gasteiger partial charge in [-0.25, -0.2) is 8.78 Å². The molecule has 1 N–H and O–H groups in total. The van der Waals surface area contributed by atoms with Crippen molar-refractivity contribution < 1.29 is 36.3 Å². The number of alkyl halides is 3. The number of carbonyl (C=O) groups is 2. The number of methoxy groups -OCH3 is 1. The van der Waals surface area contributed by atoms with Gasteiger partial charge >= 0.3 is 6.18 Å². The number of nitrogens with zero attached hydrogens (tertiary/aromatic N) is 1. The van der Waals surface area contributed by atoms with Crippen molar-refractivity contribution in [1.82, 2.24) is 4.90 Å². The molecule has 1 fully saturated rings. The zero-order chi connectivity index (χ0) is 22.3. The van der Waals surface area contributed by atoms with Gasteiger partial charge in [0.05, 0.1) is 11.3 Å². The first-order valence-electron chi connectivity index (χ1n) is 8.75. The highest BCUT2D eigenvalue weighted by Gasteiger charge is 2.60. The molecule has 0 radical (unpaired) electrons. The summed E-state index contributed by atoms with van der Waals surface area (Å²) in [6.07, 6.45) is -4.55. The summed E-state index contributed by atoms with van der Waals surface area (Å²) >= 11 is 0. The number of nitrogens with one attached hydrogen (secondary N) is 1. The second kappa shape index (κ2) is 7.67. The lowest BCUT2D eigenvalue weighted by Gasteiger charge is -2.30. The van der Waals surface area contributed by atoms with Crippen molar-refractivity contribution in [2.45, 2.75) is 17.7 Å². The van der Waals surface area contributed by atoms with E-state index in [1.807, 2.05) is 0 Å². The smallest absolute Gasteiger partial charge is 0.359 e. The molecule has 30 heavy (non-hydrogen) atoms. The molecule has 10 heteroatoms. The van der Waals surface area contributed by atoms with E-state index < -0.39 is 52.4 Å². The van der Waals surface area contributed by atoms with Gasteiger partial charge in [-0.1, -0.05) is 18.2 Å². The predicted molar refractivity (Wildman–Crippen MR) is 96.5 cm³/mol. The Morgan fingerprint density at radius 3 is 2.37 bits per heavy atom. The van der Waals surface area contributed by atoms with E-state index in [1.54, 1.807) is 0 Å². The van der Waals surface area contributed by atoms with E-state index in [2.05, 4.69) is 5.32 Å². The van der Waals surface area contributed by atoms with Gasteiger partial charge in [0.15, 0.2) is 11.6 Å². The predicted octanol–water partition coefficient (Wildman–Crippen LogP) is 3.56. The molecule has 0 unspecified atom stereocenters. The highest BCUT2D eigenvalue weighted by Crippen LogP contribution is 2.41. The van der Waals surface area contributed by atoms with Crippen LogP contribution in [0, 0.1) is 11.6 Å². The number of likely N-dealkylation sites (N-methyl/N-ethyl adjacent to an activating group) is 1. The summed E-state index contributed by atoms with van der Waals surface area (Å²) in [4.78, 5) is 27.1. The Hall–Kier alpha value is -3.01. The molecule has 3 rings (SSSR count). The van der Waals surface area contributed by atoms with Gasteiger partial charge in [0.1, 0.15) is 0 Å². The van der Waals surface area contributed by atoms with Crippen molar-refractivity contribution in [2.75, 3.05) is 26.0 Å². The number of halogens is 5. The minimum absolute atomic E-state index is 0.0307. The standard InChI is InChI=1S/C20H17F5N2O3/c1-27-10-13(11-6-8-12(9-7-11)20(23,24)25)19(30-2,18(27)29)17(28)26-15-5-3-4-14(21)16(15)22/h3-9,13H,10H2,1-2H3,(H,26,28)/t13-,19-/m1/s1. The largest absolute Gasteiger partial charge is 0.416 e. The first-order valence-corrected chi connectivity index (χ1v) is 8.75. The molecular weight excluding hydrogens is 411 g/mol. The zero-order valence-corrected chi connectivity index (χ0v) is 15.9. The Labute approximate surface area is 168 Å². The maximum atomic E-state index is 14.0. The van der Waals surface area contributed by atoms with Crippen LogP contribution < -0.4 is 5.32 Å². The normalized spacial score (nSPS) is 21.8. The fraction of sp³-hybridized carbons (Fsp3) is 0.300. The Balaban J connectivity index is 2.01. The molecule has 160 valence electrons. The van der Waals surface area contributed by atoms with Gasteiger partial charge < -0.3 is 15.0 Å². The van der Waals surface area contributed by atoms with E-state index in [-0.39, 0.29) is 12.1 Å². The Morgan fingerprint density at radius 1 is 1.17 bits per heavy atom. The third-order valence-corrected chi connectivity index (χ3v) is 5.11. The number of ether oxygens (including phenoxy) is 1. The lowest BCUT2D eigenvalue weighted by Crippen LogP contribution is -2.53. The second-order valence-electron chi connectivity index (χ2n) is 6.85. The van der Waals surface area contributed by atoms with Crippen LogP contribution in [0.1, 0.15) is 17.0 Å². The minimum atomic E-state index is -4.55. The van der Waals surface area contributed by atoms with E-state index in [1.165, 1.54) is 18.0 Å². The van der Waals surface area contributed by atoms with Crippen LogP contribution in [0.3, 0.4) is 0 Å². The van der Waals surface area contributed by atoms with Gasteiger partial charge in [-0.15, -0.1) is 0 Å². The van der Waals surface area contributed by atoms with Crippen molar-refractivity contribution >= 4 is 17.5 Å². The molecule has 0 aromatic heterocycles. The summed E-state index contributed by atoms with van der Waals surface area (Å²) in [5.74, 6) is -5.33. The molecule has 1 heterocycles. The van der Waals surface area contributed by atoms with Gasteiger partial charge in [0, 0.05) is 26.6 Å². The van der Waals surface area contributed by atoms with E-state index in [0.29, 0.717) is 0 Å². The Bertz CT molecular complexity index is 977. The van der Waals surface area contributed by atoms with Crippen molar-refractivity contribution in [1.29, 1.82) is 0 Å². The van der Waals surface area contributed by atoms with Gasteiger partial charge in [-0.2, -0.15) is 13.2 Å². The molecule has 0 saturated carbocycles. The van der Waals surface area contributed by atoms with Crippen molar-refractivity contribution in [3.63, 3.8) is 0 Å². The molecule has 2 aromatic carbocycles. The van der Waals surface area contributed by atoms with Crippen LogP contribution in [0.4, 0.5) is 27.6 Å². The minimum Gasteiger partial charge on any atom is -0.359 e. The summed E-state index contributed by atoms with van der Waals surface area (Å²) < 4.78 is 71.4. The number of amides is 2. The maximum absolute atomic E-state index is 14.0. The molecule has 0 aliphatic carbocycles. The van der Waals surface area contributed by atoms with Crippen LogP contribution >= 0.6 is 0 Å². The highest BCUT2D eigenvalue weighted by atomic mass is 19.4. The summed E-state index contributed by atoms with van der Waals surface area (Å²) in [5, 5.41) is 2.16. The molecule has 0 spiro atoms. The second-order valence-corrected chi connectivity index (χ2v) is 6.85. The Morgan fingerprint density at radius 2 is 1.80 bits per heavy atom. The average Bonchev–Trinajstić information content (AvgIpc) is 2.96. The SMILES string of the molecule is CO[C@]1(C(=O)Nc2cccc(F)c2F)C(=O)N(C)C[C@@H]1c1ccc(C(F)(F)F)cc1. The quantitative estimate of drug-likeness (QED) is 0.599. The molecule has 1 aliphatic heterocycles. The summed E-state index contributed by atoms with van der Waals surface area (Å²) in [6, 6.07) is 7.12. The molecule has 2 atom stereocenters. The van der Waals surface area contributed by atoms with Crippen molar-refractivity contribution in [3.8, 4) is 0 Å². The average molecular weight is 428 g/mol. The van der Waals surface area contributed by atoms with Crippen LogP contribution in [0.15, 0.2) is 42.5 Å². The molecule has 1 aliphatic rings. The fourth-order valence-corrected chi connectivity index (χ4v) is 3.56. The highest BCUT2D eigenvalue weighted by molar-refractivity contribution is 6.16. The van der Waals surface area contributed by atoms with Crippen molar-refractivity contribution in [2.24, 2.45) is 0 Å². The third kappa shape index (κ3) is 3.51. The number of hydrogen-bond donors (Lipinski definition) is 1. The number of anilines is 1. The van der Waals surface area contributed by atoms with Gasteiger partial charge in [-0.05, 0) is 29.8 Å². The molecule has 2 amide bonds. The maximum Gasteiger partial charge on any atom is 0.416 e.